The van der Waals surface area contributed by atoms with E-state index in [-0.39, 0.29) is 5.78 Å². The van der Waals surface area contributed by atoms with Gasteiger partial charge in [-0.1, -0.05) is 36.4 Å². The third-order valence-electron chi connectivity index (χ3n) is 3.75. The van der Waals surface area contributed by atoms with Crippen molar-refractivity contribution in [1.82, 2.24) is 0 Å². The molecule has 1 aliphatic heterocycles. The lowest BCUT2D eigenvalue weighted by Gasteiger charge is -2.07. The summed E-state index contributed by atoms with van der Waals surface area (Å²) < 4.78 is 0. The van der Waals surface area contributed by atoms with Crippen molar-refractivity contribution in [3.8, 4) is 0 Å². The molecule has 1 heterocycles. The molecule has 0 bridgehead atoms. The van der Waals surface area contributed by atoms with Crippen molar-refractivity contribution >= 4 is 11.5 Å². The zero-order valence-electron chi connectivity index (χ0n) is 11.1. The molecule has 2 aromatic rings. The highest BCUT2D eigenvalue weighted by Gasteiger charge is 2.14. The van der Waals surface area contributed by atoms with Crippen LogP contribution < -0.4 is 5.32 Å². The lowest BCUT2D eigenvalue weighted by Crippen LogP contribution is -2.05. The van der Waals surface area contributed by atoms with E-state index in [2.05, 4.69) is 11.4 Å². The average molecular weight is 251 g/mol. The van der Waals surface area contributed by atoms with E-state index in [1.807, 2.05) is 43.3 Å². The molecule has 0 fully saturated rings. The van der Waals surface area contributed by atoms with E-state index in [1.54, 1.807) is 0 Å². The van der Waals surface area contributed by atoms with Crippen molar-refractivity contribution in [3.05, 3.63) is 64.7 Å². The molecule has 0 spiro atoms. The van der Waals surface area contributed by atoms with Gasteiger partial charge in [-0.3, -0.25) is 4.79 Å². The fourth-order valence-corrected chi connectivity index (χ4v) is 2.55. The summed E-state index contributed by atoms with van der Waals surface area (Å²) >= 11 is 0. The van der Waals surface area contributed by atoms with Gasteiger partial charge in [-0.25, -0.2) is 0 Å². The first-order chi connectivity index (χ1) is 9.24. The van der Waals surface area contributed by atoms with Crippen molar-refractivity contribution in [2.24, 2.45) is 0 Å². The maximum atomic E-state index is 12.3. The number of nitrogens with one attached hydrogen (secondary N) is 1. The van der Waals surface area contributed by atoms with Gasteiger partial charge in [0.15, 0.2) is 5.78 Å². The number of fused-ring (bicyclic) bond motifs is 1. The Kier molecular flexibility index (Phi) is 3.08. The van der Waals surface area contributed by atoms with Crippen LogP contribution >= 0.6 is 0 Å². The third-order valence-corrected chi connectivity index (χ3v) is 3.75. The molecule has 0 radical (unpaired) electrons. The van der Waals surface area contributed by atoms with Crippen LogP contribution in [0, 0.1) is 6.92 Å². The SMILES string of the molecule is Cc1ccccc1CC(=O)c1ccc2c(c1)NCC2. The topological polar surface area (TPSA) is 29.1 Å². The summed E-state index contributed by atoms with van der Waals surface area (Å²) in [6, 6.07) is 14.1. The Morgan fingerprint density at radius 1 is 1.21 bits per heavy atom. The number of rotatable bonds is 3. The molecule has 0 unspecified atom stereocenters. The molecule has 2 nitrogen and oxygen atoms in total. The number of hydrogen-bond donors (Lipinski definition) is 1. The first-order valence-electron chi connectivity index (χ1n) is 6.68. The Morgan fingerprint density at radius 2 is 2.05 bits per heavy atom. The fraction of sp³-hybridized carbons (Fsp3) is 0.235. The van der Waals surface area contributed by atoms with Crippen LogP contribution in [0.25, 0.3) is 0 Å². The maximum absolute atomic E-state index is 12.3. The number of ketones is 1. The molecule has 3 rings (SSSR count). The zero-order chi connectivity index (χ0) is 13.2. The van der Waals surface area contributed by atoms with Gasteiger partial charge < -0.3 is 5.32 Å². The van der Waals surface area contributed by atoms with E-state index in [0.29, 0.717) is 6.42 Å². The Bertz CT molecular complexity index is 631. The second kappa shape index (κ2) is 4.88. The Morgan fingerprint density at radius 3 is 2.89 bits per heavy atom. The summed E-state index contributed by atoms with van der Waals surface area (Å²) in [6.45, 7) is 3.03. The first-order valence-corrected chi connectivity index (χ1v) is 6.68. The summed E-state index contributed by atoms with van der Waals surface area (Å²) in [5, 5.41) is 3.32. The standard InChI is InChI=1S/C17H17NO/c1-12-4-2-3-5-14(12)11-17(19)15-7-6-13-8-9-18-16(13)10-15/h2-7,10,18H,8-9,11H2,1H3. The predicted molar refractivity (Wildman–Crippen MR) is 77.8 cm³/mol. The Labute approximate surface area is 113 Å². The van der Waals surface area contributed by atoms with E-state index in [9.17, 15) is 4.79 Å². The minimum absolute atomic E-state index is 0.186. The van der Waals surface area contributed by atoms with Crippen molar-refractivity contribution in [1.29, 1.82) is 0 Å². The number of Topliss-reactive ketones (excluding diaryl/α,β-unsaturated/α-hetero) is 1. The highest BCUT2D eigenvalue weighted by molar-refractivity contribution is 5.98. The number of benzene rings is 2. The highest BCUT2D eigenvalue weighted by Crippen LogP contribution is 2.24. The molecular formula is C17H17NO. The van der Waals surface area contributed by atoms with Crippen LogP contribution in [-0.2, 0) is 12.8 Å². The Hall–Kier alpha value is -2.09. The van der Waals surface area contributed by atoms with Crippen LogP contribution in [0.1, 0.15) is 27.0 Å². The van der Waals surface area contributed by atoms with Crippen molar-refractivity contribution < 1.29 is 4.79 Å². The van der Waals surface area contributed by atoms with Gasteiger partial charge in [-0.2, -0.15) is 0 Å². The van der Waals surface area contributed by atoms with Gasteiger partial charge in [-0.15, -0.1) is 0 Å². The fourth-order valence-electron chi connectivity index (χ4n) is 2.55. The molecular weight excluding hydrogens is 234 g/mol. The molecule has 96 valence electrons. The van der Waals surface area contributed by atoms with Crippen LogP contribution in [-0.4, -0.2) is 12.3 Å². The molecule has 0 saturated heterocycles. The zero-order valence-corrected chi connectivity index (χ0v) is 11.1. The molecule has 0 aliphatic carbocycles. The van der Waals surface area contributed by atoms with Crippen molar-refractivity contribution in [2.45, 2.75) is 19.8 Å². The summed E-state index contributed by atoms with van der Waals surface area (Å²) in [5.41, 5.74) is 5.52. The number of carbonyl (C=O) groups excluding carboxylic acids is 1. The van der Waals surface area contributed by atoms with E-state index < -0.39 is 0 Å². The van der Waals surface area contributed by atoms with Crippen molar-refractivity contribution in [2.75, 3.05) is 11.9 Å². The summed E-state index contributed by atoms with van der Waals surface area (Å²) in [5.74, 6) is 0.186. The molecule has 0 saturated carbocycles. The van der Waals surface area contributed by atoms with E-state index >= 15 is 0 Å². The van der Waals surface area contributed by atoms with Gasteiger partial charge in [0.25, 0.3) is 0 Å². The highest BCUT2D eigenvalue weighted by atomic mass is 16.1. The van der Waals surface area contributed by atoms with E-state index in [1.165, 1.54) is 11.1 Å². The van der Waals surface area contributed by atoms with Crippen LogP contribution in [0.15, 0.2) is 42.5 Å². The molecule has 1 aliphatic rings. The number of aryl methyl sites for hydroxylation is 1. The minimum Gasteiger partial charge on any atom is -0.384 e. The molecule has 0 amide bonds. The van der Waals surface area contributed by atoms with Gasteiger partial charge >= 0.3 is 0 Å². The summed E-state index contributed by atoms with van der Waals surface area (Å²) in [4.78, 5) is 12.3. The van der Waals surface area contributed by atoms with E-state index in [4.69, 9.17) is 0 Å². The molecule has 0 atom stereocenters. The van der Waals surface area contributed by atoms with Crippen LogP contribution in [0.4, 0.5) is 5.69 Å². The number of carbonyl (C=O) groups is 1. The normalized spacial score (nSPS) is 12.9. The lowest BCUT2D eigenvalue weighted by atomic mass is 9.98. The largest absolute Gasteiger partial charge is 0.384 e. The van der Waals surface area contributed by atoms with Gasteiger partial charge in [0.05, 0.1) is 0 Å². The quantitative estimate of drug-likeness (QED) is 0.847. The van der Waals surface area contributed by atoms with Crippen molar-refractivity contribution in [3.63, 3.8) is 0 Å². The van der Waals surface area contributed by atoms with E-state index in [0.717, 1.165) is 29.8 Å². The molecule has 19 heavy (non-hydrogen) atoms. The van der Waals surface area contributed by atoms with Gasteiger partial charge in [0.1, 0.15) is 0 Å². The predicted octanol–water partition coefficient (Wildman–Crippen LogP) is 3.39. The summed E-state index contributed by atoms with van der Waals surface area (Å²) in [7, 11) is 0. The third kappa shape index (κ3) is 2.39. The van der Waals surface area contributed by atoms with Gasteiger partial charge in [0.2, 0.25) is 0 Å². The average Bonchev–Trinajstić information content (AvgIpc) is 2.88. The van der Waals surface area contributed by atoms with Crippen LogP contribution in [0.2, 0.25) is 0 Å². The Balaban J connectivity index is 1.83. The van der Waals surface area contributed by atoms with Gasteiger partial charge in [0, 0.05) is 24.2 Å². The van der Waals surface area contributed by atoms with Crippen LogP contribution in [0.3, 0.4) is 0 Å². The smallest absolute Gasteiger partial charge is 0.167 e. The molecule has 1 N–H and O–H groups in total. The second-order valence-electron chi connectivity index (χ2n) is 5.08. The summed E-state index contributed by atoms with van der Waals surface area (Å²) in [6.07, 6.45) is 1.53. The van der Waals surface area contributed by atoms with Gasteiger partial charge in [-0.05, 0) is 36.1 Å². The first kappa shape index (κ1) is 12.0. The molecule has 2 aromatic carbocycles. The maximum Gasteiger partial charge on any atom is 0.167 e. The molecule has 0 aromatic heterocycles. The second-order valence-corrected chi connectivity index (χ2v) is 5.08. The van der Waals surface area contributed by atoms with Crippen LogP contribution in [0.5, 0.6) is 0 Å². The number of anilines is 1. The molecule has 2 heteroatoms. The lowest BCUT2D eigenvalue weighted by molar-refractivity contribution is 0.0993. The number of hydrogen-bond acceptors (Lipinski definition) is 2. The monoisotopic (exact) mass is 251 g/mol. The minimum atomic E-state index is 0.186.